The van der Waals surface area contributed by atoms with Crippen molar-refractivity contribution in [3.63, 3.8) is 0 Å². The SMILES string of the molecule is Cc1sc(BO)cc1Br. The van der Waals surface area contributed by atoms with Crippen molar-refractivity contribution in [3.8, 4) is 0 Å². The average molecular weight is 205 g/mol. The highest BCUT2D eigenvalue weighted by Gasteiger charge is 2.00. The summed E-state index contributed by atoms with van der Waals surface area (Å²) in [5, 5.41) is 8.66. The molecule has 0 atom stereocenters. The third kappa shape index (κ3) is 1.57. The van der Waals surface area contributed by atoms with E-state index in [0.717, 1.165) is 9.25 Å². The number of thiophene rings is 1. The van der Waals surface area contributed by atoms with Crippen LogP contribution in [0.1, 0.15) is 4.88 Å². The van der Waals surface area contributed by atoms with Crippen LogP contribution in [-0.4, -0.2) is 12.5 Å². The van der Waals surface area contributed by atoms with Crippen LogP contribution in [0.25, 0.3) is 0 Å². The van der Waals surface area contributed by atoms with Crippen molar-refractivity contribution >= 4 is 39.5 Å². The van der Waals surface area contributed by atoms with E-state index in [1.165, 1.54) is 4.88 Å². The van der Waals surface area contributed by atoms with Crippen molar-refractivity contribution in [2.75, 3.05) is 0 Å². The Bertz CT molecular complexity index is 191. The van der Waals surface area contributed by atoms with Gasteiger partial charge in [0.15, 0.2) is 0 Å². The highest BCUT2D eigenvalue weighted by atomic mass is 79.9. The van der Waals surface area contributed by atoms with E-state index in [2.05, 4.69) is 15.9 Å². The van der Waals surface area contributed by atoms with Crippen LogP contribution >= 0.6 is 27.3 Å². The first kappa shape index (κ1) is 7.31. The van der Waals surface area contributed by atoms with Gasteiger partial charge in [-0.15, -0.1) is 0 Å². The number of hydrogen-bond donors (Lipinski definition) is 1. The van der Waals surface area contributed by atoms with Crippen molar-refractivity contribution < 1.29 is 5.02 Å². The van der Waals surface area contributed by atoms with Crippen LogP contribution < -0.4 is 4.78 Å². The number of rotatable bonds is 1. The normalized spacial score (nSPS) is 9.67. The van der Waals surface area contributed by atoms with E-state index in [-0.39, 0.29) is 7.48 Å². The maximum absolute atomic E-state index is 8.66. The van der Waals surface area contributed by atoms with Crippen LogP contribution in [0.5, 0.6) is 0 Å². The number of halogens is 1. The van der Waals surface area contributed by atoms with E-state index in [4.69, 9.17) is 5.02 Å². The van der Waals surface area contributed by atoms with Crippen LogP contribution in [-0.2, 0) is 0 Å². The first-order valence-electron chi connectivity index (χ1n) is 2.59. The van der Waals surface area contributed by atoms with E-state index >= 15 is 0 Å². The standard InChI is InChI=1S/C5H6BBrOS/c1-3-4(7)2-5(6-8)9-3/h2,6,8H,1H3. The van der Waals surface area contributed by atoms with E-state index in [1.54, 1.807) is 11.3 Å². The summed E-state index contributed by atoms with van der Waals surface area (Å²) in [5.74, 6) is 0. The van der Waals surface area contributed by atoms with Gasteiger partial charge in [-0.2, -0.15) is 11.3 Å². The molecule has 1 N–H and O–H groups in total. The number of hydrogen-bond acceptors (Lipinski definition) is 2. The maximum atomic E-state index is 8.66. The first-order chi connectivity index (χ1) is 4.24. The van der Waals surface area contributed by atoms with Gasteiger partial charge in [0.05, 0.1) is 0 Å². The van der Waals surface area contributed by atoms with Crippen molar-refractivity contribution in [1.29, 1.82) is 0 Å². The van der Waals surface area contributed by atoms with Gasteiger partial charge in [0.2, 0.25) is 0 Å². The summed E-state index contributed by atoms with van der Waals surface area (Å²) in [4.78, 5) is 1.22. The molecule has 0 unspecified atom stereocenters. The van der Waals surface area contributed by atoms with Gasteiger partial charge in [-0.1, -0.05) is 0 Å². The molecule has 9 heavy (non-hydrogen) atoms. The van der Waals surface area contributed by atoms with E-state index in [9.17, 15) is 0 Å². The molecule has 1 aromatic rings. The summed E-state index contributed by atoms with van der Waals surface area (Å²) in [6.45, 7) is 2.02. The number of aryl methyl sites for hydroxylation is 1. The molecule has 0 aromatic carbocycles. The Morgan fingerprint density at radius 3 is 2.67 bits per heavy atom. The van der Waals surface area contributed by atoms with Gasteiger partial charge in [0.1, 0.15) is 0 Å². The van der Waals surface area contributed by atoms with Gasteiger partial charge in [-0.05, 0) is 28.9 Å². The fourth-order valence-electron chi connectivity index (χ4n) is 0.596. The molecule has 1 aromatic heterocycles. The molecule has 0 aliphatic carbocycles. The molecule has 0 aliphatic heterocycles. The molecular formula is C5H6BBrOS. The van der Waals surface area contributed by atoms with Crippen molar-refractivity contribution in [3.05, 3.63) is 15.4 Å². The average Bonchev–Trinajstić information content (AvgIpc) is 2.13. The Morgan fingerprint density at radius 2 is 2.44 bits per heavy atom. The molecule has 1 nitrogen and oxygen atoms in total. The predicted molar refractivity (Wildman–Crippen MR) is 45.8 cm³/mol. The van der Waals surface area contributed by atoms with Crippen molar-refractivity contribution in [1.82, 2.24) is 0 Å². The van der Waals surface area contributed by atoms with Gasteiger partial charge in [-0.3, -0.25) is 0 Å². The summed E-state index contributed by atoms with van der Waals surface area (Å²) in [7, 11) is 0.150. The minimum absolute atomic E-state index is 0.150. The van der Waals surface area contributed by atoms with Crippen LogP contribution in [0, 0.1) is 6.92 Å². The molecular weight excluding hydrogens is 199 g/mol. The van der Waals surface area contributed by atoms with Crippen LogP contribution in [0.3, 0.4) is 0 Å². The molecule has 0 amide bonds. The zero-order valence-electron chi connectivity index (χ0n) is 5.02. The first-order valence-corrected chi connectivity index (χ1v) is 4.20. The molecule has 0 bridgehead atoms. The van der Waals surface area contributed by atoms with Gasteiger partial charge in [0.25, 0.3) is 0 Å². The summed E-state index contributed by atoms with van der Waals surface area (Å²) in [5.41, 5.74) is 0. The van der Waals surface area contributed by atoms with Gasteiger partial charge in [-0.25, -0.2) is 0 Å². The Labute approximate surface area is 67.1 Å². The van der Waals surface area contributed by atoms with Crippen molar-refractivity contribution in [2.45, 2.75) is 6.92 Å². The summed E-state index contributed by atoms with van der Waals surface area (Å²) < 4.78 is 2.11. The summed E-state index contributed by atoms with van der Waals surface area (Å²) >= 11 is 4.97. The second-order valence-corrected chi connectivity index (χ2v) is 3.97. The smallest absolute Gasteiger partial charge is 0.315 e. The molecule has 0 spiro atoms. The quantitative estimate of drug-likeness (QED) is 0.671. The second-order valence-electron chi connectivity index (χ2n) is 1.77. The molecule has 0 fully saturated rings. The summed E-state index contributed by atoms with van der Waals surface area (Å²) in [6, 6.07) is 1.94. The Kier molecular flexibility index (Phi) is 2.32. The Balaban J connectivity index is 2.98. The molecule has 0 saturated carbocycles. The lowest BCUT2D eigenvalue weighted by Gasteiger charge is -1.78. The highest BCUT2D eigenvalue weighted by Crippen LogP contribution is 2.18. The van der Waals surface area contributed by atoms with Crippen LogP contribution in [0.15, 0.2) is 10.5 Å². The van der Waals surface area contributed by atoms with E-state index in [1.807, 2.05) is 13.0 Å². The zero-order valence-corrected chi connectivity index (χ0v) is 7.42. The van der Waals surface area contributed by atoms with Gasteiger partial charge < -0.3 is 5.02 Å². The molecule has 4 heteroatoms. The van der Waals surface area contributed by atoms with Crippen LogP contribution in [0.4, 0.5) is 0 Å². The lowest BCUT2D eigenvalue weighted by atomic mass is 10.0. The third-order valence-electron chi connectivity index (χ3n) is 1.06. The lowest BCUT2D eigenvalue weighted by molar-refractivity contribution is 0.616. The fraction of sp³-hybridized carbons (Fsp3) is 0.200. The molecule has 1 rings (SSSR count). The Hall–Kier alpha value is 0.205. The highest BCUT2D eigenvalue weighted by molar-refractivity contribution is 9.10. The second kappa shape index (κ2) is 2.86. The minimum atomic E-state index is 0.150. The summed E-state index contributed by atoms with van der Waals surface area (Å²) in [6.07, 6.45) is 0. The lowest BCUT2D eigenvalue weighted by Crippen LogP contribution is -2.06. The van der Waals surface area contributed by atoms with E-state index in [0.29, 0.717) is 0 Å². The van der Waals surface area contributed by atoms with Gasteiger partial charge >= 0.3 is 7.48 Å². The largest absolute Gasteiger partial charge is 0.449 e. The van der Waals surface area contributed by atoms with Crippen molar-refractivity contribution in [2.24, 2.45) is 0 Å². The molecule has 0 aliphatic rings. The predicted octanol–water partition coefficient (Wildman–Crippen LogP) is 0.788. The zero-order chi connectivity index (χ0) is 6.85. The van der Waals surface area contributed by atoms with E-state index < -0.39 is 0 Å². The van der Waals surface area contributed by atoms with Crippen LogP contribution in [0.2, 0.25) is 0 Å². The monoisotopic (exact) mass is 204 g/mol. The topological polar surface area (TPSA) is 20.2 Å². The molecule has 0 saturated heterocycles. The minimum Gasteiger partial charge on any atom is -0.449 e. The molecule has 1 heterocycles. The Morgan fingerprint density at radius 1 is 1.78 bits per heavy atom. The molecule has 48 valence electrons. The fourth-order valence-corrected chi connectivity index (χ4v) is 2.06. The van der Waals surface area contributed by atoms with Gasteiger partial charge in [0, 0.05) is 14.1 Å². The third-order valence-corrected chi connectivity index (χ3v) is 3.19. The molecule has 0 radical (unpaired) electrons. The maximum Gasteiger partial charge on any atom is 0.315 e.